The van der Waals surface area contributed by atoms with Gasteiger partial charge in [0.2, 0.25) is 5.91 Å². The van der Waals surface area contributed by atoms with Crippen molar-refractivity contribution in [2.75, 3.05) is 24.1 Å². The number of allylic oxidation sites excluding steroid dienone is 1. The zero-order valence-electron chi connectivity index (χ0n) is 21.3. The Bertz CT molecular complexity index is 1810. The molecule has 9 nitrogen and oxygen atoms in total. The first-order valence-electron chi connectivity index (χ1n) is 11.6. The molecule has 40 heavy (non-hydrogen) atoms. The van der Waals surface area contributed by atoms with Gasteiger partial charge in [0.15, 0.2) is 5.84 Å². The summed E-state index contributed by atoms with van der Waals surface area (Å²) in [5.74, 6) is -0.452. The van der Waals surface area contributed by atoms with Crippen LogP contribution in [0.3, 0.4) is 0 Å². The number of amides is 2. The minimum Gasteiger partial charge on any atom is -0.497 e. The van der Waals surface area contributed by atoms with E-state index in [4.69, 9.17) is 39.5 Å². The number of hydrazone groups is 1. The van der Waals surface area contributed by atoms with Gasteiger partial charge in [-0.3, -0.25) is 19.0 Å². The summed E-state index contributed by atoms with van der Waals surface area (Å²) in [5, 5.41) is 9.07. The van der Waals surface area contributed by atoms with Gasteiger partial charge < -0.3 is 15.0 Å². The molecule has 0 fully saturated rings. The highest BCUT2D eigenvalue weighted by atomic mass is 35.5. The van der Waals surface area contributed by atoms with E-state index in [9.17, 15) is 14.4 Å². The van der Waals surface area contributed by atoms with E-state index in [0.29, 0.717) is 15.3 Å². The number of ether oxygens (including phenoxy) is 1. The van der Waals surface area contributed by atoms with Crippen LogP contribution in [0.15, 0.2) is 57.8 Å². The summed E-state index contributed by atoms with van der Waals surface area (Å²) in [6.45, 7) is 5.18. The van der Waals surface area contributed by atoms with E-state index in [1.54, 1.807) is 13.2 Å². The van der Waals surface area contributed by atoms with Gasteiger partial charge >= 0.3 is 0 Å². The minimum atomic E-state index is -0.633. The Morgan fingerprint density at radius 1 is 1.18 bits per heavy atom. The maximum Gasteiger partial charge on any atom is 0.285 e. The maximum absolute atomic E-state index is 13.9. The number of fused-ring (bicyclic) bond motifs is 1. The molecule has 1 N–H and O–H groups in total. The molecule has 3 aromatic rings. The lowest BCUT2D eigenvalue weighted by Crippen LogP contribution is -2.37. The van der Waals surface area contributed by atoms with Crippen LogP contribution in [0.2, 0.25) is 15.1 Å². The first-order valence-corrected chi connectivity index (χ1v) is 14.4. The molecule has 0 saturated carbocycles. The number of halogens is 3. The summed E-state index contributed by atoms with van der Waals surface area (Å²) in [4.78, 5) is 42.7. The van der Waals surface area contributed by atoms with Gasteiger partial charge in [-0.2, -0.15) is 5.01 Å². The number of carbonyl (C=O) groups excluding carboxylic acids is 2. The predicted molar refractivity (Wildman–Crippen MR) is 162 cm³/mol. The Balaban J connectivity index is 1.77. The zero-order valence-corrected chi connectivity index (χ0v) is 25.2. The molecule has 14 heteroatoms. The molecule has 2 aliphatic rings. The fourth-order valence-corrected chi connectivity index (χ4v) is 7.67. The van der Waals surface area contributed by atoms with E-state index in [1.807, 2.05) is 30.1 Å². The van der Waals surface area contributed by atoms with Gasteiger partial charge in [0.25, 0.3) is 11.5 Å². The highest BCUT2D eigenvalue weighted by molar-refractivity contribution is 8.08. The van der Waals surface area contributed by atoms with Crippen LogP contribution in [0, 0.1) is 0 Å². The molecule has 2 amide bonds. The van der Waals surface area contributed by atoms with Gasteiger partial charge in [0, 0.05) is 36.5 Å². The molecule has 0 radical (unpaired) electrons. The van der Waals surface area contributed by atoms with Gasteiger partial charge in [-0.15, -0.1) is 23.0 Å². The Morgan fingerprint density at radius 3 is 2.50 bits per heavy atom. The summed E-state index contributed by atoms with van der Waals surface area (Å²) >= 11 is 21.4. The third kappa shape index (κ3) is 4.82. The molecule has 1 aromatic heterocycles. The second-order valence-corrected chi connectivity index (χ2v) is 11.9. The number of methoxy groups -OCH3 is 1. The first-order chi connectivity index (χ1) is 19.0. The molecule has 3 heterocycles. The van der Waals surface area contributed by atoms with E-state index in [1.165, 1.54) is 35.4 Å². The number of nitrogens with zero attached hydrogens (tertiary/aromatic N) is 4. The molecule has 206 valence electrons. The summed E-state index contributed by atoms with van der Waals surface area (Å²) in [6, 6.07) is 8.52. The van der Waals surface area contributed by atoms with Crippen LogP contribution in [-0.2, 0) is 16.1 Å². The number of thioether (sulfide) groups is 1. The zero-order chi connectivity index (χ0) is 28.9. The van der Waals surface area contributed by atoms with E-state index < -0.39 is 11.8 Å². The molecular formula is C26H20Cl3N5O4S2. The fraction of sp³-hybridized carbons (Fsp3) is 0.154. The summed E-state index contributed by atoms with van der Waals surface area (Å²) in [5.41, 5.74) is 0.664. The van der Waals surface area contributed by atoms with Gasteiger partial charge in [-0.25, -0.2) is 0 Å². The largest absolute Gasteiger partial charge is 0.497 e. The maximum atomic E-state index is 13.9. The normalized spacial score (nSPS) is 17.2. The van der Waals surface area contributed by atoms with E-state index in [0.717, 1.165) is 26.9 Å². The predicted octanol–water partition coefficient (Wildman–Crippen LogP) is 4.02. The van der Waals surface area contributed by atoms with E-state index in [-0.39, 0.29) is 48.9 Å². The Kier molecular flexibility index (Phi) is 7.77. The van der Waals surface area contributed by atoms with Crippen LogP contribution < -0.4 is 34.7 Å². The smallest absolute Gasteiger partial charge is 0.285 e. The minimum absolute atomic E-state index is 0.0120. The summed E-state index contributed by atoms with van der Waals surface area (Å²) in [6.07, 6.45) is 1.55. The SMILES string of the molecule is C=CCn1c(=O)/c(=C2/Sc3ccc(OC)cc3N2C)s/c1=C1/C(=O)N(c2c(Cl)cc(Cl)cc2Cl)N=C1NC(C)=O. The summed E-state index contributed by atoms with van der Waals surface area (Å²) < 4.78 is 7.48. The molecule has 0 spiro atoms. The van der Waals surface area contributed by atoms with Crippen molar-refractivity contribution < 1.29 is 14.3 Å². The average molecular weight is 637 g/mol. The number of amidine groups is 1. The van der Waals surface area contributed by atoms with Gasteiger partial charge in [-0.05, 0) is 24.3 Å². The Hall–Kier alpha value is -3.22. The molecule has 0 unspecified atom stereocenters. The van der Waals surface area contributed by atoms with Crippen LogP contribution in [0.1, 0.15) is 6.92 Å². The second kappa shape index (κ2) is 11.0. The van der Waals surface area contributed by atoms with Crippen molar-refractivity contribution in [1.82, 2.24) is 9.88 Å². The lowest BCUT2D eigenvalue weighted by Gasteiger charge is -2.15. The number of nitrogens with one attached hydrogen (secondary N) is 1. The monoisotopic (exact) mass is 635 g/mol. The van der Waals surface area contributed by atoms with Gasteiger partial charge in [0.1, 0.15) is 31.2 Å². The number of hydrogen-bond acceptors (Lipinski definition) is 8. The molecule has 2 aliphatic heterocycles. The summed E-state index contributed by atoms with van der Waals surface area (Å²) in [7, 11) is 3.44. The van der Waals surface area contributed by atoms with Crippen LogP contribution in [-0.4, -0.2) is 36.4 Å². The van der Waals surface area contributed by atoms with E-state index >= 15 is 0 Å². The molecule has 0 aliphatic carbocycles. The van der Waals surface area contributed by atoms with Crippen LogP contribution in [0.4, 0.5) is 11.4 Å². The molecule has 0 saturated heterocycles. The number of hydrogen-bond donors (Lipinski definition) is 1. The van der Waals surface area contributed by atoms with Crippen molar-refractivity contribution in [1.29, 1.82) is 0 Å². The van der Waals surface area contributed by atoms with Crippen molar-refractivity contribution in [3.63, 3.8) is 0 Å². The van der Waals surface area contributed by atoms with Gasteiger partial charge in [0.05, 0.1) is 22.8 Å². The number of carbonyl (C=O) groups is 2. The molecule has 5 rings (SSSR count). The Labute approximate surface area is 251 Å². The average Bonchev–Trinajstić information content (AvgIpc) is 3.49. The standard InChI is InChI=1S/C26H20Cl3N5O4S2/c1-5-8-33-24(37)21(26-32(3)17-11-14(38-4)6-7-18(17)39-26)40-25(33)19-22(30-12(2)35)31-34(23(19)36)20-15(28)9-13(27)10-16(20)29/h5-7,9-11H,1,8H2,2-4H3,(H,30,31,35)/b25-19+,26-21-. The number of benzene rings is 2. The topological polar surface area (TPSA) is 96.2 Å². The van der Waals surface area contributed by atoms with Crippen LogP contribution in [0.5, 0.6) is 5.75 Å². The molecule has 0 atom stereocenters. The number of anilines is 2. The third-order valence-electron chi connectivity index (χ3n) is 5.97. The second-order valence-electron chi connectivity index (χ2n) is 8.58. The molecule has 2 aromatic carbocycles. The first kappa shape index (κ1) is 28.3. The molecule has 0 bridgehead atoms. The fourth-order valence-electron chi connectivity index (χ4n) is 4.22. The van der Waals surface area contributed by atoms with Crippen molar-refractivity contribution in [3.8, 4) is 5.75 Å². The highest BCUT2D eigenvalue weighted by Crippen LogP contribution is 2.46. The third-order valence-corrected chi connectivity index (χ3v) is 9.32. The van der Waals surface area contributed by atoms with Crippen molar-refractivity contribution in [2.45, 2.75) is 18.4 Å². The van der Waals surface area contributed by atoms with E-state index in [2.05, 4.69) is 17.0 Å². The number of aromatic nitrogens is 1. The van der Waals surface area contributed by atoms with Gasteiger partial charge in [-0.1, -0.05) is 52.6 Å². The Morgan fingerprint density at radius 2 is 1.88 bits per heavy atom. The highest BCUT2D eigenvalue weighted by Gasteiger charge is 2.37. The lowest BCUT2D eigenvalue weighted by molar-refractivity contribution is -0.117. The lowest BCUT2D eigenvalue weighted by atomic mass is 10.2. The van der Waals surface area contributed by atoms with Crippen molar-refractivity contribution in [3.05, 3.63) is 77.6 Å². The van der Waals surface area contributed by atoms with Crippen molar-refractivity contribution >= 4 is 97.5 Å². The van der Waals surface area contributed by atoms with Crippen LogP contribution in [0.25, 0.3) is 10.6 Å². The quantitative estimate of drug-likeness (QED) is 0.435. The number of thiazole rings is 1. The molecular weight excluding hydrogens is 617 g/mol. The van der Waals surface area contributed by atoms with Crippen molar-refractivity contribution in [2.24, 2.45) is 5.10 Å². The number of rotatable bonds is 4. The van der Waals surface area contributed by atoms with Crippen LogP contribution >= 0.6 is 57.9 Å².